The Bertz CT molecular complexity index is 2900. The molecule has 5 heterocycles. The maximum atomic E-state index is 13.0. The number of thiocarbonyl (C=S) groups is 1. The Labute approximate surface area is 438 Å². The van der Waals surface area contributed by atoms with Gasteiger partial charge in [-0.25, -0.2) is 4.98 Å². The number of pyridine rings is 4. The van der Waals surface area contributed by atoms with Crippen LogP contribution in [0.15, 0.2) is 122 Å². The van der Waals surface area contributed by atoms with Crippen molar-refractivity contribution in [3.05, 3.63) is 155 Å². The van der Waals surface area contributed by atoms with Crippen LogP contribution in [0.2, 0.25) is 0 Å². The molecule has 0 saturated heterocycles. The van der Waals surface area contributed by atoms with E-state index in [1.165, 1.54) is 79.3 Å². The number of unbranched alkanes of at least 4 members (excludes halogenated alkanes) is 4. The van der Waals surface area contributed by atoms with Gasteiger partial charge in [0.05, 0.1) is 34.7 Å². The zero-order chi connectivity index (χ0) is 51.6. The van der Waals surface area contributed by atoms with Crippen molar-refractivity contribution in [1.29, 1.82) is 0 Å². The molecular weight excluding hydrogens is 1050 g/mol. The van der Waals surface area contributed by atoms with Crippen LogP contribution in [0.3, 0.4) is 0 Å². The fourth-order valence-electron chi connectivity index (χ4n) is 6.87. The summed E-state index contributed by atoms with van der Waals surface area (Å²) in [5.41, 5.74) is 7.53. The molecule has 7 aromatic rings. The van der Waals surface area contributed by atoms with E-state index in [2.05, 4.69) is 143 Å². The van der Waals surface area contributed by atoms with Crippen LogP contribution in [0.1, 0.15) is 80.3 Å². The minimum atomic E-state index is -4.53. The minimum absolute atomic E-state index is 0. The van der Waals surface area contributed by atoms with Crippen molar-refractivity contribution in [2.24, 2.45) is 0 Å². The fraction of sp³-hybridized carbons (Fsp3) is 0.204. The summed E-state index contributed by atoms with van der Waals surface area (Å²) in [7, 11) is 0. The summed E-state index contributed by atoms with van der Waals surface area (Å²) in [5, 5.41) is 15.4. The van der Waals surface area contributed by atoms with E-state index in [1.54, 1.807) is 36.5 Å². The average molecular weight is 1090 g/mol. The number of anilines is 3. The van der Waals surface area contributed by atoms with Crippen LogP contribution in [0.4, 0.5) is 30.2 Å². The van der Waals surface area contributed by atoms with Gasteiger partial charge in [-0.05, 0) is 115 Å². The second-order valence-electron chi connectivity index (χ2n) is 15.2. The summed E-state index contributed by atoms with van der Waals surface area (Å²) in [6.07, 6.45) is 13.9. The minimum Gasteiger partial charge on any atom is -0.753 e. The van der Waals surface area contributed by atoms with Gasteiger partial charge >= 0.3 is 38.6 Å². The summed E-state index contributed by atoms with van der Waals surface area (Å²) >= 11 is 3.70. The van der Waals surface area contributed by atoms with Crippen LogP contribution in [-0.2, 0) is 62.4 Å². The van der Waals surface area contributed by atoms with E-state index in [0.717, 1.165) is 36.0 Å². The van der Waals surface area contributed by atoms with Gasteiger partial charge in [0.25, 0.3) is 6.47 Å². The van der Waals surface area contributed by atoms with Gasteiger partial charge in [0.1, 0.15) is 23.7 Å². The van der Waals surface area contributed by atoms with E-state index in [-0.39, 0.29) is 43.9 Å². The standard InChI is InChI=1S/C31H34F3N4.C22H11N3O6.CNS.Ru/c1-3-5-7-9-23-11-15-25(16-12-23)38(26-17-13-24(14-18-26)10-8-6-4-2)27-19-20-28(35-22-27)29-21-30(37-36-29)31(32,33)34;26-13-29-7-3-16-1-5-23-19(9-16)21-11-18(31-15-28)12-22(25-21)20-10-17(2-6-24-20)4-8-30-14-27;2-1-3;/h11-22H,3-10H2,1-2H3;1-2,5-6,9-15H;;/q-1;;-1;+2. The van der Waals surface area contributed by atoms with Gasteiger partial charge in [0, 0.05) is 52.7 Å². The Morgan fingerprint density at radius 3 is 1.55 bits per heavy atom. The molecule has 0 bridgehead atoms. The Balaban J connectivity index is 0.000000302. The van der Waals surface area contributed by atoms with Crippen molar-refractivity contribution in [2.45, 2.75) is 71.4 Å². The molecule has 0 aliphatic carbocycles. The van der Waals surface area contributed by atoms with Gasteiger partial charge in [-0.3, -0.25) is 29.3 Å². The molecule has 0 fully saturated rings. The van der Waals surface area contributed by atoms with Crippen molar-refractivity contribution < 1.29 is 61.2 Å². The summed E-state index contributed by atoms with van der Waals surface area (Å²) in [4.78, 5) is 50.9. The quantitative estimate of drug-likeness (QED) is 0.0197. The first kappa shape index (κ1) is 57.4. The predicted molar refractivity (Wildman–Crippen MR) is 268 cm³/mol. The monoisotopic (exact) mass is 1090 g/mol. The molecule has 0 aliphatic heterocycles. The van der Waals surface area contributed by atoms with Crippen molar-refractivity contribution in [3.63, 3.8) is 0 Å². The number of nitrogens with zero attached hydrogens (tertiary/aromatic N) is 8. The third kappa shape index (κ3) is 18.2. The second kappa shape index (κ2) is 30.5. The molecule has 0 amide bonds. The van der Waals surface area contributed by atoms with E-state index in [0.29, 0.717) is 46.1 Å². The van der Waals surface area contributed by atoms with E-state index in [9.17, 15) is 27.6 Å². The molecule has 0 saturated carbocycles. The molecule has 0 N–H and O–H groups in total. The van der Waals surface area contributed by atoms with Crippen LogP contribution < -0.4 is 14.7 Å². The van der Waals surface area contributed by atoms with Crippen LogP contribution in [0.5, 0.6) is 5.75 Å². The van der Waals surface area contributed by atoms with Crippen molar-refractivity contribution in [3.8, 4) is 64.0 Å². The molecule has 19 heteroatoms. The van der Waals surface area contributed by atoms with Gasteiger partial charge in [-0.2, -0.15) is 18.3 Å². The SMILES string of the molecule is CCCCCc1ccc(N(c2ccc(CCCCC)cc2)c2ccc(-c3cc(C(F)(F)F)n[n-]3)nc2)cc1.O=COC#Cc1ccnc(-c2cc(OC=O)cc(-c3cc(C#COC=O)ccn3)n2)c1.[N-]=C=S.[Ru+2]. The number of alkyl halides is 3. The third-order valence-corrected chi connectivity index (χ3v) is 10.3. The molecular formula is C54H45F3N8O6RuS. The number of ether oxygens (including phenoxy) is 3. The number of hydrogen-bond acceptors (Lipinski definition) is 13. The normalized spacial score (nSPS) is 10.0. The molecule has 0 atom stereocenters. The number of aryl methyl sites for hydroxylation is 2. The third-order valence-electron chi connectivity index (χ3n) is 10.3. The number of rotatable bonds is 18. The number of halogens is 3. The van der Waals surface area contributed by atoms with Gasteiger partial charge in [0.15, 0.2) is 0 Å². The van der Waals surface area contributed by atoms with E-state index in [1.807, 2.05) is 6.07 Å². The largest absolute Gasteiger partial charge is 2.00 e. The van der Waals surface area contributed by atoms with Gasteiger partial charge in [0.2, 0.25) is 0 Å². The first-order valence-corrected chi connectivity index (χ1v) is 22.7. The first-order chi connectivity index (χ1) is 35.0. The molecule has 2 aromatic carbocycles. The molecule has 0 unspecified atom stereocenters. The second-order valence-corrected chi connectivity index (χ2v) is 15.4. The first-order valence-electron chi connectivity index (χ1n) is 22.3. The molecule has 73 heavy (non-hydrogen) atoms. The smallest absolute Gasteiger partial charge is 0.753 e. The topological polar surface area (TPSA) is 183 Å². The number of benzene rings is 2. The Kier molecular flexibility index (Phi) is 24.0. The number of isothiocyanates is 1. The zero-order valence-electron chi connectivity index (χ0n) is 39.4. The molecule has 7 rings (SSSR count). The van der Waals surface area contributed by atoms with Gasteiger partial charge in [-0.15, -0.1) is 0 Å². The maximum absolute atomic E-state index is 13.0. The molecule has 5 aromatic heterocycles. The van der Waals surface area contributed by atoms with E-state index < -0.39 is 11.9 Å². The fourth-order valence-corrected chi connectivity index (χ4v) is 6.87. The van der Waals surface area contributed by atoms with E-state index >= 15 is 0 Å². The average Bonchev–Trinajstić information content (AvgIpc) is 3.91. The number of hydrogen-bond donors (Lipinski definition) is 0. The Morgan fingerprint density at radius 2 is 1.14 bits per heavy atom. The van der Waals surface area contributed by atoms with Gasteiger partial charge in [-0.1, -0.05) is 81.7 Å². The van der Waals surface area contributed by atoms with Crippen molar-refractivity contribution >= 4 is 53.9 Å². The maximum Gasteiger partial charge on any atom is 2.00 e. The molecule has 372 valence electrons. The molecule has 0 aliphatic rings. The summed E-state index contributed by atoms with van der Waals surface area (Å²) in [5.74, 6) is 5.52. The predicted octanol–water partition coefficient (Wildman–Crippen LogP) is 11.4. The number of carbonyl (C=O) groups excluding carboxylic acids is 3. The summed E-state index contributed by atoms with van der Waals surface area (Å²) in [6, 6.07) is 31.1. The number of carbonyl (C=O) groups is 3. The number of aromatic nitrogens is 6. The summed E-state index contributed by atoms with van der Waals surface area (Å²) < 4.78 is 52.6. The molecule has 0 radical (unpaired) electrons. The van der Waals surface area contributed by atoms with Crippen molar-refractivity contribution in [1.82, 2.24) is 30.1 Å². The van der Waals surface area contributed by atoms with Crippen molar-refractivity contribution in [2.75, 3.05) is 4.90 Å². The zero-order valence-corrected chi connectivity index (χ0v) is 41.9. The Hall–Kier alpha value is -8.21. The summed E-state index contributed by atoms with van der Waals surface area (Å²) in [6.45, 7) is 5.14. The van der Waals surface area contributed by atoms with Crippen LogP contribution in [0, 0.1) is 24.1 Å². The van der Waals surface area contributed by atoms with Gasteiger partial charge < -0.3 is 34.7 Å². The van der Waals surface area contributed by atoms with Crippen LogP contribution in [0.25, 0.3) is 39.6 Å². The Morgan fingerprint density at radius 1 is 0.644 bits per heavy atom. The molecule has 14 nitrogen and oxygen atoms in total. The molecule has 0 spiro atoms. The van der Waals surface area contributed by atoms with Crippen LogP contribution in [-0.4, -0.2) is 49.6 Å². The van der Waals surface area contributed by atoms with Crippen LogP contribution >= 0.6 is 12.2 Å². The van der Waals surface area contributed by atoms with E-state index in [4.69, 9.17) is 10.1 Å².